The Labute approximate surface area is 156 Å². The first-order valence-electron chi connectivity index (χ1n) is 9.70. The molecular weight excluding hydrogens is 326 g/mol. The number of hydrogen-bond acceptors (Lipinski definition) is 3. The lowest BCUT2D eigenvalue weighted by molar-refractivity contribution is -0.137. The third-order valence-electron chi connectivity index (χ3n) is 5.89. The predicted octanol–water partition coefficient (Wildman–Crippen LogP) is 2.55. The quantitative estimate of drug-likeness (QED) is 0.904. The van der Waals surface area contributed by atoms with Crippen LogP contribution in [0.15, 0.2) is 12.1 Å². The van der Waals surface area contributed by atoms with E-state index < -0.39 is 0 Å². The van der Waals surface area contributed by atoms with Crippen molar-refractivity contribution in [1.29, 1.82) is 0 Å². The summed E-state index contributed by atoms with van der Waals surface area (Å²) in [5.41, 5.74) is 10.4. The third kappa shape index (κ3) is 3.63. The average Bonchev–Trinajstić information content (AvgIpc) is 2.95. The first-order chi connectivity index (χ1) is 12.3. The Morgan fingerprint density at radius 2 is 1.85 bits per heavy atom. The number of rotatable bonds is 3. The highest BCUT2D eigenvalue weighted by Crippen LogP contribution is 2.33. The van der Waals surface area contributed by atoms with Gasteiger partial charge in [0.15, 0.2) is 0 Å². The normalized spacial score (nSPS) is 24.9. The van der Waals surface area contributed by atoms with Gasteiger partial charge in [0, 0.05) is 37.8 Å². The highest BCUT2D eigenvalue weighted by atomic mass is 16.2. The third-order valence-corrected chi connectivity index (χ3v) is 5.89. The molecule has 26 heavy (non-hydrogen) atoms. The van der Waals surface area contributed by atoms with Gasteiger partial charge >= 0.3 is 0 Å². The largest absolute Gasteiger partial charge is 0.342 e. The van der Waals surface area contributed by atoms with Crippen molar-refractivity contribution in [1.82, 2.24) is 4.90 Å². The van der Waals surface area contributed by atoms with Gasteiger partial charge in [-0.1, -0.05) is 17.7 Å². The van der Waals surface area contributed by atoms with Crippen molar-refractivity contribution in [3.8, 4) is 0 Å². The van der Waals surface area contributed by atoms with Crippen molar-refractivity contribution in [2.24, 2.45) is 17.6 Å². The van der Waals surface area contributed by atoms with E-state index in [0.717, 1.165) is 42.7 Å². The van der Waals surface area contributed by atoms with Crippen molar-refractivity contribution in [3.63, 3.8) is 0 Å². The molecule has 1 aromatic rings. The van der Waals surface area contributed by atoms with E-state index in [1.54, 1.807) is 0 Å². The fraction of sp³-hybridized carbons (Fsp3) is 0.619. The highest BCUT2D eigenvalue weighted by molar-refractivity contribution is 6.01. The molecule has 0 saturated carbocycles. The Hall–Kier alpha value is -1.88. The molecule has 0 bridgehead atoms. The second kappa shape index (κ2) is 7.39. The lowest BCUT2D eigenvalue weighted by Gasteiger charge is -2.36. The number of carbonyl (C=O) groups excluding carboxylic acids is 2. The Morgan fingerprint density at radius 3 is 2.46 bits per heavy atom. The zero-order valence-corrected chi connectivity index (χ0v) is 16.4. The summed E-state index contributed by atoms with van der Waals surface area (Å²) in [6, 6.07) is 4.30. The summed E-state index contributed by atoms with van der Waals surface area (Å²) in [6.45, 7) is 10.2. The molecule has 0 aromatic heterocycles. The maximum Gasteiger partial charge on any atom is 0.228 e. The van der Waals surface area contributed by atoms with Crippen LogP contribution in [0.1, 0.15) is 42.9 Å². The molecule has 2 aliphatic rings. The van der Waals surface area contributed by atoms with E-state index in [9.17, 15) is 9.59 Å². The average molecular weight is 357 g/mol. The monoisotopic (exact) mass is 357 g/mol. The number of hydrogen-bond donors (Lipinski definition) is 1. The van der Waals surface area contributed by atoms with Gasteiger partial charge in [0.05, 0.1) is 5.92 Å². The number of likely N-dealkylation sites (tertiary alicyclic amines) is 1. The van der Waals surface area contributed by atoms with Gasteiger partial charge in [-0.2, -0.15) is 0 Å². The minimum Gasteiger partial charge on any atom is -0.342 e. The number of amides is 2. The van der Waals surface area contributed by atoms with E-state index in [4.69, 9.17) is 5.73 Å². The topological polar surface area (TPSA) is 66.6 Å². The molecule has 1 aromatic carbocycles. The molecule has 2 N–H and O–H groups in total. The molecule has 2 aliphatic heterocycles. The van der Waals surface area contributed by atoms with Crippen LogP contribution in [0.5, 0.6) is 0 Å². The molecule has 3 unspecified atom stereocenters. The number of carbonyl (C=O) groups is 2. The van der Waals surface area contributed by atoms with Crippen molar-refractivity contribution in [3.05, 3.63) is 28.8 Å². The van der Waals surface area contributed by atoms with Crippen molar-refractivity contribution < 1.29 is 9.59 Å². The van der Waals surface area contributed by atoms with Gasteiger partial charge in [-0.05, 0) is 57.6 Å². The van der Waals surface area contributed by atoms with Gasteiger partial charge in [0.1, 0.15) is 0 Å². The van der Waals surface area contributed by atoms with Crippen LogP contribution >= 0.6 is 0 Å². The maximum absolute atomic E-state index is 13.0. The zero-order valence-electron chi connectivity index (χ0n) is 16.4. The molecule has 2 saturated heterocycles. The molecular formula is C21H31N3O2. The summed E-state index contributed by atoms with van der Waals surface area (Å²) in [5.74, 6) is 0.296. The summed E-state index contributed by atoms with van der Waals surface area (Å²) < 4.78 is 0. The van der Waals surface area contributed by atoms with Crippen LogP contribution in [0.3, 0.4) is 0 Å². The first-order valence-corrected chi connectivity index (χ1v) is 9.70. The van der Waals surface area contributed by atoms with E-state index in [2.05, 4.69) is 19.1 Å². The number of piperidine rings is 1. The lowest BCUT2D eigenvalue weighted by Crippen LogP contribution is -2.47. The second-order valence-corrected chi connectivity index (χ2v) is 8.20. The zero-order chi connectivity index (χ0) is 19.0. The molecule has 0 radical (unpaired) electrons. The molecule has 5 heteroatoms. The molecule has 3 atom stereocenters. The molecule has 2 heterocycles. The van der Waals surface area contributed by atoms with E-state index in [-0.39, 0.29) is 23.8 Å². The van der Waals surface area contributed by atoms with Crippen LogP contribution in [0.25, 0.3) is 0 Å². The van der Waals surface area contributed by atoms with Crippen LogP contribution in [0, 0.1) is 32.6 Å². The number of nitrogens with zero attached hydrogens (tertiary/aromatic N) is 2. The first kappa shape index (κ1) is 18.9. The molecule has 0 spiro atoms. The summed E-state index contributed by atoms with van der Waals surface area (Å²) in [6.07, 6.45) is 2.39. The van der Waals surface area contributed by atoms with Crippen LogP contribution in [-0.4, -0.2) is 42.4 Å². The molecule has 2 amide bonds. The summed E-state index contributed by atoms with van der Waals surface area (Å²) in [5, 5.41) is 0. The Balaban J connectivity index is 1.75. The van der Waals surface area contributed by atoms with Gasteiger partial charge in [-0.15, -0.1) is 0 Å². The highest BCUT2D eigenvalue weighted by Gasteiger charge is 2.39. The molecule has 2 fully saturated rings. The van der Waals surface area contributed by atoms with E-state index in [1.165, 1.54) is 5.56 Å². The van der Waals surface area contributed by atoms with Crippen LogP contribution in [0.2, 0.25) is 0 Å². The van der Waals surface area contributed by atoms with Gasteiger partial charge in [-0.25, -0.2) is 0 Å². The lowest BCUT2D eigenvalue weighted by atomic mass is 9.91. The molecule has 5 nitrogen and oxygen atoms in total. The van der Waals surface area contributed by atoms with Crippen LogP contribution in [-0.2, 0) is 9.59 Å². The van der Waals surface area contributed by atoms with E-state index >= 15 is 0 Å². The Bertz CT molecular complexity index is 690. The fourth-order valence-corrected chi connectivity index (χ4v) is 4.58. The van der Waals surface area contributed by atoms with Gasteiger partial charge in [0.25, 0.3) is 0 Å². The van der Waals surface area contributed by atoms with Crippen LogP contribution in [0.4, 0.5) is 5.69 Å². The van der Waals surface area contributed by atoms with Crippen molar-refractivity contribution >= 4 is 17.5 Å². The number of benzene rings is 1. The molecule has 3 rings (SSSR count). The van der Waals surface area contributed by atoms with Gasteiger partial charge < -0.3 is 15.5 Å². The molecule has 142 valence electrons. The van der Waals surface area contributed by atoms with Crippen LogP contribution < -0.4 is 10.6 Å². The second-order valence-electron chi connectivity index (χ2n) is 8.20. The minimum atomic E-state index is -0.241. The summed E-state index contributed by atoms with van der Waals surface area (Å²) in [4.78, 5) is 29.4. The molecule has 0 aliphatic carbocycles. The Morgan fingerprint density at radius 1 is 1.19 bits per heavy atom. The number of anilines is 1. The smallest absolute Gasteiger partial charge is 0.228 e. The predicted molar refractivity (Wildman–Crippen MR) is 104 cm³/mol. The minimum absolute atomic E-state index is 0.0548. The fourth-order valence-electron chi connectivity index (χ4n) is 4.58. The number of nitrogens with two attached hydrogens (primary N) is 1. The van der Waals surface area contributed by atoms with E-state index in [0.29, 0.717) is 18.9 Å². The van der Waals surface area contributed by atoms with E-state index in [1.807, 2.05) is 30.6 Å². The summed E-state index contributed by atoms with van der Waals surface area (Å²) in [7, 11) is 0. The van der Waals surface area contributed by atoms with Gasteiger partial charge in [-0.3, -0.25) is 9.59 Å². The standard InChI is InChI=1S/C21H31N3O2/c1-13-8-14(2)20(15(3)9-13)24-12-18(10-19(24)25)21(26)23-7-5-6-17(11-23)16(4)22/h8-9,16-18H,5-7,10-12,22H2,1-4H3. The number of aryl methyl sites for hydroxylation is 3. The maximum atomic E-state index is 13.0. The Kier molecular flexibility index (Phi) is 5.37. The SMILES string of the molecule is Cc1cc(C)c(N2CC(C(=O)N3CCCC(C(C)N)C3)CC2=O)c(C)c1. The summed E-state index contributed by atoms with van der Waals surface area (Å²) >= 11 is 0. The van der Waals surface area contributed by atoms with Crippen molar-refractivity contribution in [2.45, 2.75) is 53.0 Å². The van der Waals surface area contributed by atoms with Crippen molar-refractivity contribution in [2.75, 3.05) is 24.5 Å². The van der Waals surface area contributed by atoms with Gasteiger partial charge in [0.2, 0.25) is 11.8 Å².